The summed E-state index contributed by atoms with van der Waals surface area (Å²) in [6, 6.07) is 11.9. The maximum Gasteiger partial charge on any atom is 0.271 e. The fourth-order valence-corrected chi connectivity index (χ4v) is 5.06. The Labute approximate surface area is 301 Å². The Balaban J connectivity index is 2.00. The third-order valence-electron chi connectivity index (χ3n) is 8.04. The number of rotatable bonds is 21. The number of carbonyl (C=O) groups is 3. The minimum atomic E-state index is -2.52. The molecular formula is C38H46N4O10. The zero-order valence-electron chi connectivity index (χ0n) is 28.9. The summed E-state index contributed by atoms with van der Waals surface area (Å²) in [5, 5.41) is 67.3. The molecule has 0 aliphatic carbocycles. The molecule has 14 heteroatoms. The van der Waals surface area contributed by atoms with Gasteiger partial charge in [-0.15, -0.1) is 0 Å². The molecule has 0 atom stereocenters. The summed E-state index contributed by atoms with van der Waals surface area (Å²) in [6.45, 7) is 2.70. The summed E-state index contributed by atoms with van der Waals surface area (Å²) in [6.07, 6.45) is 8.82. The van der Waals surface area contributed by atoms with Crippen LogP contribution < -0.4 is 21.1 Å². The normalized spacial score (nSPS) is 11.8. The fraction of sp³-hybridized carbons (Fsp3) is 0.289. The van der Waals surface area contributed by atoms with E-state index in [1.54, 1.807) is 0 Å². The number of phenols is 5. The monoisotopic (exact) mass is 718 g/mol. The molecule has 0 radical (unpaired) electrons. The molecule has 278 valence electrons. The number of nitrogens with zero attached hydrogens (tertiary/aromatic N) is 1. The van der Waals surface area contributed by atoms with Crippen molar-refractivity contribution in [3.63, 3.8) is 0 Å². The van der Waals surface area contributed by atoms with Crippen molar-refractivity contribution in [1.29, 1.82) is 0 Å². The van der Waals surface area contributed by atoms with Gasteiger partial charge in [0.25, 0.3) is 5.91 Å². The van der Waals surface area contributed by atoms with Crippen molar-refractivity contribution in [2.75, 3.05) is 39.8 Å². The van der Waals surface area contributed by atoms with E-state index in [9.17, 15) is 45.1 Å². The average Bonchev–Trinajstić information content (AvgIpc) is 3.14. The Hall–Kier alpha value is -5.67. The highest BCUT2D eigenvalue weighted by Gasteiger charge is 2.50. The molecule has 0 bridgehead atoms. The molecule has 0 fully saturated rings. The van der Waals surface area contributed by atoms with Crippen molar-refractivity contribution < 1.29 is 49.9 Å². The zero-order valence-corrected chi connectivity index (χ0v) is 28.9. The number of aromatic hydroxyl groups is 5. The van der Waals surface area contributed by atoms with Crippen LogP contribution in [0.4, 0.5) is 0 Å². The van der Waals surface area contributed by atoms with Gasteiger partial charge >= 0.3 is 0 Å². The lowest BCUT2D eigenvalue weighted by Gasteiger charge is -2.35. The number of hydrogen-bond acceptors (Lipinski definition) is 13. The van der Waals surface area contributed by atoms with Crippen LogP contribution in [-0.4, -0.2) is 98.6 Å². The topological polar surface area (TPSA) is 235 Å². The zero-order chi connectivity index (χ0) is 38.1. The van der Waals surface area contributed by atoms with Crippen LogP contribution in [-0.2, 0) is 14.4 Å². The lowest BCUT2D eigenvalue weighted by molar-refractivity contribution is -0.192. The Kier molecular flexibility index (Phi) is 15.9. The van der Waals surface area contributed by atoms with Crippen LogP contribution in [0, 0.1) is 0 Å². The third kappa shape index (κ3) is 11.4. The van der Waals surface area contributed by atoms with Gasteiger partial charge in [0.2, 0.25) is 0 Å². The Morgan fingerprint density at radius 1 is 0.673 bits per heavy atom. The first-order chi connectivity index (χ1) is 24.9. The molecular weight excluding hydrogens is 672 g/mol. The van der Waals surface area contributed by atoms with Gasteiger partial charge in [0.1, 0.15) is 0 Å². The molecule has 0 aliphatic rings. The molecule has 10 N–H and O–H groups in total. The molecule has 14 nitrogen and oxygen atoms in total. The van der Waals surface area contributed by atoms with Crippen LogP contribution in [0.5, 0.6) is 34.5 Å². The predicted molar refractivity (Wildman–Crippen MR) is 196 cm³/mol. The Morgan fingerprint density at radius 3 is 1.63 bits per heavy atom. The van der Waals surface area contributed by atoms with E-state index in [0.717, 1.165) is 50.6 Å². The number of nitrogens with one attached hydrogen (secondary N) is 2. The second kappa shape index (κ2) is 20.2. The number of benzene rings is 3. The van der Waals surface area contributed by atoms with Gasteiger partial charge in [0, 0.05) is 12.5 Å². The molecule has 0 aromatic heterocycles. The second-order valence-electron chi connectivity index (χ2n) is 11.8. The van der Waals surface area contributed by atoms with Crippen LogP contribution >= 0.6 is 0 Å². The molecule has 3 rings (SSSR count). The number of amides is 1. The maximum atomic E-state index is 14.2. The number of nitrogens with two attached hydrogens (primary N) is 1. The van der Waals surface area contributed by atoms with Gasteiger partial charge in [0.05, 0.1) is 7.11 Å². The number of hydroxylamine groups is 2. The average molecular weight is 719 g/mol. The molecule has 0 aliphatic heterocycles. The van der Waals surface area contributed by atoms with Crippen molar-refractivity contribution in [3.05, 3.63) is 89.5 Å². The number of phenolic OH excluding ortho intramolecular Hbond substituents is 5. The molecule has 52 heavy (non-hydrogen) atoms. The van der Waals surface area contributed by atoms with Crippen molar-refractivity contribution in [2.45, 2.75) is 31.2 Å². The van der Waals surface area contributed by atoms with Gasteiger partial charge in [-0.2, -0.15) is 5.06 Å². The molecule has 3 aromatic rings. The Morgan fingerprint density at radius 2 is 1.13 bits per heavy atom. The van der Waals surface area contributed by atoms with Gasteiger partial charge in [-0.05, 0) is 123 Å². The van der Waals surface area contributed by atoms with Crippen LogP contribution in [0.2, 0.25) is 0 Å². The Bertz CT molecular complexity index is 1700. The van der Waals surface area contributed by atoms with Crippen molar-refractivity contribution in [1.82, 2.24) is 15.7 Å². The summed E-state index contributed by atoms with van der Waals surface area (Å²) < 4.78 is 5.11. The number of hydrogen-bond donors (Lipinski definition) is 9. The minimum absolute atomic E-state index is 0.0168. The van der Waals surface area contributed by atoms with Gasteiger partial charge in [0.15, 0.2) is 51.6 Å². The number of carbonyl (C=O) groups excluding carboxylic acids is 3. The molecule has 0 spiro atoms. The van der Waals surface area contributed by atoms with Crippen molar-refractivity contribution in [2.24, 2.45) is 5.73 Å². The molecule has 0 saturated heterocycles. The van der Waals surface area contributed by atoms with Crippen LogP contribution in [0.1, 0.15) is 42.4 Å². The van der Waals surface area contributed by atoms with Gasteiger partial charge < -0.3 is 46.6 Å². The quantitative estimate of drug-likeness (QED) is 0.0192. The summed E-state index contributed by atoms with van der Waals surface area (Å²) in [5.41, 5.74) is 3.95. The standard InChI is InChI=1S/C38H46N4O10/c1-52-34-25-28(7-13-31(34)45)10-16-37(50)42(51)38(17-22-41-20-3-2-19-40-21-4-18-39,35(48)14-8-26-5-11-29(43)32(46)23-26)36(49)15-9-27-6-12-30(44)33(47)24-27/h5-16,23-25,40-41,43-47,51H,2-4,17-22,39H2,1H3/b14-8+,15-9+,16-10+. The number of unbranched alkanes of at least 4 members (excludes halogenated alkanes) is 1. The summed E-state index contributed by atoms with van der Waals surface area (Å²) in [7, 11) is 1.35. The van der Waals surface area contributed by atoms with Gasteiger partial charge in [-0.25, -0.2) is 0 Å². The van der Waals surface area contributed by atoms with E-state index in [0.29, 0.717) is 18.7 Å². The predicted octanol–water partition coefficient (Wildman–Crippen LogP) is 3.46. The van der Waals surface area contributed by atoms with Gasteiger partial charge in [-0.3, -0.25) is 19.6 Å². The number of ketones is 2. The lowest BCUT2D eigenvalue weighted by Crippen LogP contribution is -2.60. The minimum Gasteiger partial charge on any atom is -0.504 e. The fourth-order valence-electron chi connectivity index (χ4n) is 5.06. The smallest absolute Gasteiger partial charge is 0.271 e. The highest BCUT2D eigenvalue weighted by atomic mass is 16.5. The summed E-state index contributed by atoms with van der Waals surface area (Å²) in [5.74, 6) is -4.78. The van der Waals surface area contributed by atoms with Crippen molar-refractivity contribution >= 4 is 35.7 Å². The van der Waals surface area contributed by atoms with E-state index in [-0.39, 0.29) is 52.2 Å². The largest absolute Gasteiger partial charge is 0.504 e. The van der Waals surface area contributed by atoms with Gasteiger partial charge in [-0.1, -0.05) is 30.4 Å². The van der Waals surface area contributed by atoms with E-state index < -0.39 is 34.5 Å². The SMILES string of the molecule is COc1cc(/C=C/C(=O)N(O)C(CCNCCCCNCCCN)(C(=O)/C=C/c2ccc(O)c(O)c2)C(=O)/C=C/c2ccc(O)c(O)c2)ccc1O. The van der Waals surface area contributed by atoms with E-state index in [2.05, 4.69) is 10.6 Å². The maximum absolute atomic E-state index is 14.2. The molecule has 0 unspecified atom stereocenters. The number of methoxy groups -OCH3 is 1. The van der Waals surface area contributed by atoms with Crippen LogP contribution in [0.3, 0.4) is 0 Å². The molecule has 0 saturated carbocycles. The molecule has 1 amide bonds. The van der Waals surface area contributed by atoms with Crippen molar-refractivity contribution in [3.8, 4) is 34.5 Å². The number of ether oxygens (including phenoxy) is 1. The first kappa shape index (κ1) is 40.8. The van der Waals surface area contributed by atoms with E-state index in [1.807, 2.05) is 0 Å². The molecule has 0 heterocycles. The van der Waals surface area contributed by atoms with E-state index >= 15 is 0 Å². The summed E-state index contributed by atoms with van der Waals surface area (Å²) in [4.78, 5) is 41.9. The van der Waals surface area contributed by atoms with E-state index in [4.69, 9.17) is 10.5 Å². The highest BCUT2D eigenvalue weighted by molar-refractivity contribution is 6.23. The second-order valence-corrected chi connectivity index (χ2v) is 11.8. The first-order valence-corrected chi connectivity index (χ1v) is 16.6. The van der Waals surface area contributed by atoms with Crippen LogP contribution in [0.25, 0.3) is 18.2 Å². The summed E-state index contributed by atoms with van der Waals surface area (Å²) >= 11 is 0. The first-order valence-electron chi connectivity index (χ1n) is 16.6. The lowest BCUT2D eigenvalue weighted by atomic mass is 9.83. The highest BCUT2D eigenvalue weighted by Crippen LogP contribution is 2.30. The third-order valence-corrected chi connectivity index (χ3v) is 8.04. The molecule has 3 aromatic carbocycles. The van der Waals surface area contributed by atoms with Crippen LogP contribution in [0.15, 0.2) is 72.8 Å². The van der Waals surface area contributed by atoms with E-state index in [1.165, 1.54) is 79.9 Å².